The second-order valence-corrected chi connectivity index (χ2v) is 6.66. The van der Waals surface area contributed by atoms with Crippen molar-refractivity contribution >= 4 is 15.9 Å². The van der Waals surface area contributed by atoms with E-state index < -0.39 is 15.9 Å². The zero-order chi connectivity index (χ0) is 15.7. The van der Waals surface area contributed by atoms with E-state index in [0.29, 0.717) is 24.2 Å². The van der Waals surface area contributed by atoms with Crippen LogP contribution in [0.15, 0.2) is 29.4 Å². The molecule has 0 aliphatic carbocycles. The van der Waals surface area contributed by atoms with Crippen molar-refractivity contribution in [2.45, 2.75) is 17.9 Å². The molecule has 0 atom stereocenters. The summed E-state index contributed by atoms with van der Waals surface area (Å²) in [6.45, 7) is 0.339. The van der Waals surface area contributed by atoms with Gasteiger partial charge in [0.15, 0.2) is 0 Å². The van der Waals surface area contributed by atoms with Crippen LogP contribution in [0, 0.1) is 6.20 Å². The fourth-order valence-corrected chi connectivity index (χ4v) is 3.55. The van der Waals surface area contributed by atoms with E-state index >= 15 is 0 Å². The first-order valence-electron chi connectivity index (χ1n) is 6.46. The lowest BCUT2D eigenvalue weighted by Crippen LogP contribution is -2.37. The van der Waals surface area contributed by atoms with Crippen molar-refractivity contribution in [2.24, 2.45) is 5.73 Å². The van der Waals surface area contributed by atoms with E-state index in [4.69, 9.17) is 5.73 Å². The third-order valence-corrected chi connectivity index (χ3v) is 5.14. The standard InChI is InChI=1S/C13H12N5O3S/c14-12(19)13-16-6-9-3-5-18(8-11(9)17-13)22(20,21)10-2-1-4-15-7-10/h1-2,4,7H,3,5,8H2,(H2,14,19). The maximum Gasteiger partial charge on any atom is 0.286 e. The largest absolute Gasteiger partial charge is 0.363 e. The van der Waals surface area contributed by atoms with Gasteiger partial charge in [0.2, 0.25) is 15.8 Å². The average Bonchev–Trinajstić information content (AvgIpc) is 2.54. The molecule has 0 unspecified atom stereocenters. The van der Waals surface area contributed by atoms with Gasteiger partial charge in [0, 0.05) is 24.5 Å². The van der Waals surface area contributed by atoms with Crippen molar-refractivity contribution < 1.29 is 13.2 Å². The minimum absolute atomic E-state index is 0.0475. The Morgan fingerprint density at radius 2 is 2.23 bits per heavy atom. The molecule has 0 saturated heterocycles. The van der Waals surface area contributed by atoms with Crippen LogP contribution in [-0.2, 0) is 23.0 Å². The molecule has 1 amide bonds. The van der Waals surface area contributed by atoms with E-state index in [1.165, 1.54) is 22.8 Å². The van der Waals surface area contributed by atoms with E-state index in [1.54, 1.807) is 6.07 Å². The summed E-state index contributed by atoms with van der Waals surface area (Å²) < 4.78 is 26.4. The van der Waals surface area contributed by atoms with E-state index in [-0.39, 0.29) is 17.3 Å². The molecule has 1 aliphatic rings. The van der Waals surface area contributed by atoms with Gasteiger partial charge < -0.3 is 5.73 Å². The molecule has 0 saturated carbocycles. The van der Waals surface area contributed by atoms with Crippen LogP contribution in [0.4, 0.5) is 0 Å². The maximum atomic E-state index is 12.6. The Kier molecular flexibility index (Phi) is 3.59. The number of rotatable bonds is 3. The number of hydrogen-bond donors (Lipinski definition) is 1. The van der Waals surface area contributed by atoms with Crippen molar-refractivity contribution in [1.82, 2.24) is 19.3 Å². The lowest BCUT2D eigenvalue weighted by atomic mass is 10.1. The summed E-state index contributed by atoms with van der Waals surface area (Å²) in [5.74, 6) is -0.939. The number of primary amides is 1. The second kappa shape index (κ2) is 5.43. The van der Waals surface area contributed by atoms with Gasteiger partial charge in [0.1, 0.15) is 4.90 Å². The lowest BCUT2D eigenvalue weighted by Gasteiger charge is -2.26. The van der Waals surface area contributed by atoms with E-state index in [9.17, 15) is 13.2 Å². The van der Waals surface area contributed by atoms with Crippen LogP contribution >= 0.6 is 0 Å². The predicted molar refractivity (Wildman–Crippen MR) is 74.9 cm³/mol. The highest BCUT2D eigenvalue weighted by molar-refractivity contribution is 7.89. The van der Waals surface area contributed by atoms with Crippen LogP contribution in [-0.4, -0.2) is 40.1 Å². The van der Waals surface area contributed by atoms with Gasteiger partial charge in [-0.15, -0.1) is 0 Å². The van der Waals surface area contributed by atoms with Crippen LogP contribution in [0.1, 0.15) is 21.9 Å². The molecule has 8 nitrogen and oxygen atoms in total. The van der Waals surface area contributed by atoms with Crippen LogP contribution in [0.2, 0.25) is 0 Å². The van der Waals surface area contributed by atoms with Crippen molar-refractivity contribution in [3.05, 3.63) is 47.8 Å². The second-order valence-electron chi connectivity index (χ2n) is 4.73. The number of amides is 1. The first-order valence-corrected chi connectivity index (χ1v) is 7.90. The normalized spacial score (nSPS) is 15.3. The first-order chi connectivity index (χ1) is 10.5. The van der Waals surface area contributed by atoms with E-state index in [1.807, 2.05) is 0 Å². The van der Waals surface area contributed by atoms with Crippen LogP contribution in [0.25, 0.3) is 0 Å². The van der Waals surface area contributed by atoms with Crippen LogP contribution in [0.5, 0.6) is 0 Å². The SMILES string of the molecule is NC(=O)c1n[c]c2c(n1)CN(S(=O)(=O)c1cccnc1)CC2. The van der Waals surface area contributed by atoms with Gasteiger partial charge in [-0.3, -0.25) is 9.78 Å². The molecule has 3 heterocycles. The Morgan fingerprint density at radius 3 is 2.91 bits per heavy atom. The summed E-state index contributed by atoms with van der Waals surface area (Å²) >= 11 is 0. The van der Waals surface area contributed by atoms with Crippen molar-refractivity contribution in [3.8, 4) is 0 Å². The Bertz CT molecular complexity index is 823. The van der Waals surface area contributed by atoms with Gasteiger partial charge in [0.25, 0.3) is 5.91 Å². The molecule has 113 valence electrons. The minimum atomic E-state index is -3.66. The van der Waals surface area contributed by atoms with Gasteiger partial charge in [-0.25, -0.2) is 18.4 Å². The molecule has 2 aromatic heterocycles. The molecule has 1 radical (unpaired) electrons. The fraction of sp³-hybridized carbons (Fsp3) is 0.231. The fourth-order valence-electron chi connectivity index (χ4n) is 2.18. The molecule has 22 heavy (non-hydrogen) atoms. The molecule has 3 rings (SSSR count). The van der Waals surface area contributed by atoms with Crippen LogP contribution < -0.4 is 5.73 Å². The minimum Gasteiger partial charge on any atom is -0.363 e. The number of sulfonamides is 1. The van der Waals surface area contributed by atoms with Crippen molar-refractivity contribution in [2.75, 3.05) is 6.54 Å². The Hall–Kier alpha value is -2.39. The number of carbonyl (C=O) groups is 1. The average molecular weight is 318 g/mol. The molecular formula is C13H12N5O3S. The summed E-state index contributed by atoms with van der Waals surface area (Å²) in [7, 11) is -3.66. The number of nitrogens with zero attached hydrogens (tertiary/aromatic N) is 4. The van der Waals surface area contributed by atoms with Gasteiger partial charge in [0.05, 0.1) is 18.4 Å². The molecule has 0 bridgehead atoms. The highest BCUT2D eigenvalue weighted by Gasteiger charge is 2.30. The van der Waals surface area contributed by atoms with Crippen molar-refractivity contribution in [1.29, 1.82) is 0 Å². The number of carbonyl (C=O) groups excluding carboxylic acids is 1. The maximum absolute atomic E-state index is 12.6. The van der Waals surface area contributed by atoms with Gasteiger partial charge >= 0.3 is 0 Å². The molecule has 0 spiro atoms. The third-order valence-electron chi connectivity index (χ3n) is 3.32. The van der Waals surface area contributed by atoms with Gasteiger partial charge in [-0.05, 0) is 18.6 Å². The van der Waals surface area contributed by atoms with Gasteiger partial charge in [-0.2, -0.15) is 4.31 Å². The summed E-state index contributed by atoms with van der Waals surface area (Å²) in [4.78, 5) is 22.8. The third kappa shape index (κ3) is 2.55. The Balaban J connectivity index is 1.94. The topological polar surface area (TPSA) is 119 Å². The lowest BCUT2D eigenvalue weighted by molar-refractivity contribution is 0.0989. The molecule has 2 N–H and O–H groups in total. The molecule has 2 aromatic rings. The predicted octanol–water partition coefficient (Wildman–Crippen LogP) is -0.482. The highest BCUT2D eigenvalue weighted by Crippen LogP contribution is 2.22. The smallest absolute Gasteiger partial charge is 0.286 e. The van der Waals surface area contributed by atoms with Gasteiger partial charge in [-0.1, -0.05) is 0 Å². The highest BCUT2D eigenvalue weighted by atomic mass is 32.2. The Morgan fingerprint density at radius 1 is 1.41 bits per heavy atom. The summed E-state index contributed by atoms with van der Waals surface area (Å²) in [5, 5.41) is 0. The first kappa shape index (κ1) is 14.5. The van der Waals surface area contributed by atoms with E-state index in [2.05, 4.69) is 21.1 Å². The molecule has 0 aromatic carbocycles. The number of aromatic nitrogens is 3. The molecule has 1 aliphatic heterocycles. The molecular weight excluding hydrogens is 306 g/mol. The summed E-state index contributed by atoms with van der Waals surface area (Å²) in [6, 6.07) is 3.05. The summed E-state index contributed by atoms with van der Waals surface area (Å²) in [6.07, 6.45) is 5.93. The monoisotopic (exact) mass is 318 g/mol. The zero-order valence-electron chi connectivity index (χ0n) is 11.4. The molecule has 9 heteroatoms. The number of hydrogen-bond acceptors (Lipinski definition) is 6. The molecule has 0 fully saturated rings. The number of pyridine rings is 1. The van der Waals surface area contributed by atoms with Crippen molar-refractivity contribution in [3.63, 3.8) is 0 Å². The van der Waals surface area contributed by atoms with Crippen LogP contribution in [0.3, 0.4) is 0 Å². The number of nitrogens with two attached hydrogens (primary N) is 1. The zero-order valence-corrected chi connectivity index (χ0v) is 12.2. The summed E-state index contributed by atoms with van der Waals surface area (Å²) in [5.41, 5.74) is 6.28. The van der Waals surface area contributed by atoms with E-state index in [0.717, 1.165) is 0 Å². The Labute approximate surface area is 127 Å². The number of fused-ring (bicyclic) bond motifs is 1. The quantitative estimate of drug-likeness (QED) is 0.816.